The van der Waals surface area contributed by atoms with E-state index in [9.17, 15) is 13.6 Å². The SMILES string of the molecule is O=C(CCOCC(F)F)Cc1ccc(Br)cc1Cl. The van der Waals surface area contributed by atoms with Crippen molar-refractivity contribution in [3.63, 3.8) is 0 Å². The molecule has 0 aliphatic rings. The third-order valence-electron chi connectivity index (χ3n) is 2.17. The third kappa shape index (κ3) is 5.89. The van der Waals surface area contributed by atoms with Crippen LogP contribution in [-0.2, 0) is 16.0 Å². The van der Waals surface area contributed by atoms with Crippen molar-refractivity contribution < 1.29 is 18.3 Å². The monoisotopic (exact) mass is 340 g/mol. The zero-order valence-electron chi connectivity index (χ0n) is 9.47. The number of halogens is 4. The Balaban J connectivity index is 2.35. The summed E-state index contributed by atoms with van der Waals surface area (Å²) in [5, 5.41) is 0.506. The van der Waals surface area contributed by atoms with Crippen molar-refractivity contribution in [1.82, 2.24) is 0 Å². The van der Waals surface area contributed by atoms with Gasteiger partial charge in [0.05, 0.1) is 6.61 Å². The summed E-state index contributed by atoms with van der Waals surface area (Å²) in [5.41, 5.74) is 0.721. The highest BCUT2D eigenvalue weighted by Gasteiger charge is 2.08. The standard InChI is InChI=1S/C12H12BrClF2O2/c13-9-2-1-8(11(14)6-9)5-10(17)3-4-18-7-12(15)16/h1-2,6,12H,3-5,7H2. The minimum absolute atomic E-state index is 0.0112. The molecule has 1 aromatic rings. The molecule has 0 bridgehead atoms. The molecule has 0 spiro atoms. The Labute approximate surface area is 117 Å². The second-order valence-corrected chi connectivity index (χ2v) is 4.99. The van der Waals surface area contributed by atoms with Crippen LogP contribution in [0.4, 0.5) is 8.78 Å². The summed E-state index contributed by atoms with van der Waals surface area (Å²) in [5.74, 6) is -0.0894. The lowest BCUT2D eigenvalue weighted by atomic mass is 10.1. The van der Waals surface area contributed by atoms with E-state index in [0.717, 1.165) is 10.0 Å². The Morgan fingerprint density at radius 2 is 2.17 bits per heavy atom. The van der Waals surface area contributed by atoms with Gasteiger partial charge >= 0.3 is 0 Å². The predicted octanol–water partition coefficient (Wildman–Crippen LogP) is 3.89. The Morgan fingerprint density at radius 3 is 2.78 bits per heavy atom. The highest BCUT2D eigenvalue weighted by molar-refractivity contribution is 9.10. The molecule has 0 N–H and O–H groups in total. The van der Waals surface area contributed by atoms with Gasteiger partial charge in [0.2, 0.25) is 0 Å². The molecular weight excluding hydrogens is 329 g/mol. The highest BCUT2D eigenvalue weighted by atomic mass is 79.9. The van der Waals surface area contributed by atoms with Gasteiger partial charge in [0, 0.05) is 22.3 Å². The van der Waals surface area contributed by atoms with E-state index < -0.39 is 13.0 Å². The topological polar surface area (TPSA) is 26.3 Å². The van der Waals surface area contributed by atoms with E-state index in [1.807, 2.05) is 0 Å². The average Bonchev–Trinajstić information content (AvgIpc) is 2.28. The Bertz CT molecular complexity index is 413. The number of ketones is 1. The largest absolute Gasteiger partial charge is 0.375 e. The number of carbonyl (C=O) groups is 1. The molecule has 0 saturated carbocycles. The van der Waals surface area contributed by atoms with Crippen LogP contribution in [0.5, 0.6) is 0 Å². The maximum Gasteiger partial charge on any atom is 0.261 e. The predicted molar refractivity (Wildman–Crippen MR) is 69.3 cm³/mol. The van der Waals surface area contributed by atoms with Crippen LogP contribution in [0.25, 0.3) is 0 Å². The molecule has 100 valence electrons. The van der Waals surface area contributed by atoms with Crippen molar-refractivity contribution in [2.24, 2.45) is 0 Å². The molecule has 0 unspecified atom stereocenters. The molecule has 2 nitrogen and oxygen atoms in total. The van der Waals surface area contributed by atoms with Crippen LogP contribution in [0.15, 0.2) is 22.7 Å². The first-order valence-corrected chi connectivity index (χ1v) is 6.47. The second-order valence-electron chi connectivity index (χ2n) is 3.67. The van der Waals surface area contributed by atoms with E-state index in [-0.39, 0.29) is 25.2 Å². The Morgan fingerprint density at radius 1 is 1.44 bits per heavy atom. The van der Waals surface area contributed by atoms with Gasteiger partial charge in [-0.2, -0.15) is 0 Å². The number of carbonyl (C=O) groups excluding carboxylic acids is 1. The molecule has 0 saturated heterocycles. The van der Waals surface area contributed by atoms with Gasteiger partial charge in [-0.25, -0.2) is 8.78 Å². The van der Waals surface area contributed by atoms with Gasteiger partial charge in [-0.3, -0.25) is 4.79 Å². The van der Waals surface area contributed by atoms with Gasteiger partial charge < -0.3 is 4.74 Å². The minimum atomic E-state index is -2.50. The molecule has 0 aliphatic carbocycles. The zero-order valence-corrected chi connectivity index (χ0v) is 11.8. The number of Topliss-reactive ketones (excluding diaryl/α,β-unsaturated/α-hetero) is 1. The summed E-state index contributed by atoms with van der Waals surface area (Å²) in [7, 11) is 0. The van der Waals surface area contributed by atoms with Crippen LogP contribution in [0.3, 0.4) is 0 Å². The van der Waals surface area contributed by atoms with Crippen molar-refractivity contribution in [3.05, 3.63) is 33.3 Å². The van der Waals surface area contributed by atoms with Gasteiger partial charge in [0.15, 0.2) is 0 Å². The van der Waals surface area contributed by atoms with Gasteiger partial charge in [0.1, 0.15) is 12.4 Å². The first kappa shape index (κ1) is 15.5. The Hall–Kier alpha value is -0.520. The molecule has 18 heavy (non-hydrogen) atoms. The minimum Gasteiger partial charge on any atom is -0.375 e. The van der Waals surface area contributed by atoms with Gasteiger partial charge in [0.25, 0.3) is 6.43 Å². The maximum absolute atomic E-state index is 11.8. The number of ether oxygens (including phenoxy) is 1. The Kier molecular flexibility index (Phi) is 6.75. The summed E-state index contributed by atoms with van der Waals surface area (Å²) in [4.78, 5) is 11.6. The third-order valence-corrected chi connectivity index (χ3v) is 3.02. The quantitative estimate of drug-likeness (QED) is 0.703. The molecule has 0 atom stereocenters. The van der Waals surface area contributed by atoms with E-state index >= 15 is 0 Å². The average molecular weight is 342 g/mol. The summed E-state index contributed by atoms with van der Waals surface area (Å²) in [6.45, 7) is -0.621. The maximum atomic E-state index is 11.8. The van der Waals surface area contributed by atoms with Gasteiger partial charge in [-0.1, -0.05) is 33.6 Å². The van der Waals surface area contributed by atoms with Crippen molar-refractivity contribution in [1.29, 1.82) is 0 Å². The van der Waals surface area contributed by atoms with E-state index in [1.165, 1.54) is 0 Å². The molecule has 1 aromatic carbocycles. The number of hydrogen-bond donors (Lipinski definition) is 0. The van der Waals surface area contributed by atoms with Crippen LogP contribution in [0, 0.1) is 0 Å². The number of alkyl halides is 2. The fourth-order valence-electron chi connectivity index (χ4n) is 1.32. The molecular formula is C12H12BrClF2O2. The fraction of sp³-hybridized carbons (Fsp3) is 0.417. The molecule has 0 heterocycles. The smallest absolute Gasteiger partial charge is 0.261 e. The van der Waals surface area contributed by atoms with Crippen molar-refractivity contribution in [3.8, 4) is 0 Å². The van der Waals surface area contributed by atoms with Crippen LogP contribution < -0.4 is 0 Å². The summed E-state index contributed by atoms with van der Waals surface area (Å²) < 4.78 is 29.0. The van der Waals surface area contributed by atoms with E-state index in [2.05, 4.69) is 20.7 Å². The molecule has 0 amide bonds. The molecule has 1 rings (SSSR count). The molecule has 0 radical (unpaired) electrons. The van der Waals surface area contributed by atoms with Crippen LogP contribution in [-0.4, -0.2) is 25.4 Å². The zero-order chi connectivity index (χ0) is 13.5. The molecule has 0 aromatic heterocycles. The number of benzene rings is 1. The van der Waals surface area contributed by atoms with E-state index in [1.54, 1.807) is 18.2 Å². The van der Waals surface area contributed by atoms with Crippen molar-refractivity contribution in [2.45, 2.75) is 19.3 Å². The fourth-order valence-corrected chi connectivity index (χ4v) is 2.06. The summed E-state index contributed by atoms with van der Waals surface area (Å²) in [6, 6.07) is 5.25. The van der Waals surface area contributed by atoms with Crippen LogP contribution in [0.2, 0.25) is 5.02 Å². The van der Waals surface area contributed by atoms with E-state index in [0.29, 0.717) is 5.02 Å². The van der Waals surface area contributed by atoms with Crippen LogP contribution in [0.1, 0.15) is 12.0 Å². The lowest BCUT2D eigenvalue weighted by molar-refractivity contribution is -0.119. The van der Waals surface area contributed by atoms with Crippen LogP contribution >= 0.6 is 27.5 Å². The number of hydrogen-bond acceptors (Lipinski definition) is 2. The lowest BCUT2D eigenvalue weighted by Crippen LogP contribution is -2.11. The molecule has 0 aliphatic heterocycles. The van der Waals surface area contributed by atoms with E-state index in [4.69, 9.17) is 11.6 Å². The normalized spacial score (nSPS) is 10.9. The first-order chi connectivity index (χ1) is 8.49. The highest BCUT2D eigenvalue weighted by Crippen LogP contribution is 2.22. The first-order valence-electron chi connectivity index (χ1n) is 5.30. The number of rotatable bonds is 7. The van der Waals surface area contributed by atoms with Gasteiger partial charge in [-0.05, 0) is 17.7 Å². The van der Waals surface area contributed by atoms with Crippen molar-refractivity contribution >= 4 is 33.3 Å². The molecule has 6 heteroatoms. The summed E-state index contributed by atoms with van der Waals surface area (Å²) >= 11 is 9.23. The summed E-state index contributed by atoms with van der Waals surface area (Å²) in [6.07, 6.45) is -2.20. The second kappa shape index (κ2) is 7.81. The molecule has 0 fully saturated rings. The van der Waals surface area contributed by atoms with Crippen molar-refractivity contribution in [2.75, 3.05) is 13.2 Å². The van der Waals surface area contributed by atoms with Gasteiger partial charge in [-0.15, -0.1) is 0 Å². The lowest BCUT2D eigenvalue weighted by Gasteiger charge is -2.05.